The number of pyridine rings is 1. The van der Waals surface area contributed by atoms with Gasteiger partial charge in [0, 0.05) is 32.5 Å². The molecule has 0 aliphatic carbocycles. The normalized spacial score (nSPS) is 14.8. The summed E-state index contributed by atoms with van der Waals surface area (Å²) in [6, 6.07) is 4.15. The lowest BCUT2D eigenvalue weighted by molar-refractivity contribution is -0.132. The lowest BCUT2D eigenvalue weighted by Gasteiger charge is -2.35. The van der Waals surface area contributed by atoms with Gasteiger partial charge in [-0.25, -0.2) is 0 Å². The van der Waals surface area contributed by atoms with Crippen LogP contribution in [0.5, 0.6) is 0 Å². The second-order valence-electron chi connectivity index (χ2n) is 3.85. The van der Waals surface area contributed by atoms with Crippen LogP contribution in [-0.2, 0) is 11.2 Å². The van der Waals surface area contributed by atoms with Gasteiger partial charge in [0.25, 0.3) is 0 Å². The van der Waals surface area contributed by atoms with Crippen LogP contribution < -0.4 is 5.32 Å². The van der Waals surface area contributed by atoms with Crippen molar-refractivity contribution >= 4 is 18.3 Å². The number of halogens is 1. The second kappa shape index (κ2) is 5.82. The lowest BCUT2D eigenvalue weighted by Crippen LogP contribution is -2.57. The number of carbonyl (C=O) groups excluding carboxylic acids is 1. The zero-order valence-electron chi connectivity index (χ0n) is 9.22. The molecule has 0 unspecified atom stereocenters. The molecule has 16 heavy (non-hydrogen) atoms. The van der Waals surface area contributed by atoms with Crippen molar-refractivity contribution in [3.63, 3.8) is 0 Å². The number of nitrogens with zero attached hydrogens (tertiary/aromatic N) is 2. The Kier molecular flexibility index (Phi) is 4.71. The largest absolute Gasteiger partial charge is 0.340 e. The molecule has 1 aliphatic heterocycles. The monoisotopic (exact) mass is 241 g/mol. The minimum Gasteiger partial charge on any atom is -0.340 e. The maximum atomic E-state index is 11.8. The highest BCUT2D eigenvalue weighted by atomic mass is 35.5. The summed E-state index contributed by atoms with van der Waals surface area (Å²) in [6.07, 6.45) is 3.90. The number of likely N-dealkylation sites (N-methyl/N-ethyl adjacent to an activating group) is 1. The quantitative estimate of drug-likeness (QED) is 0.837. The van der Waals surface area contributed by atoms with Crippen LogP contribution in [0.15, 0.2) is 24.5 Å². The van der Waals surface area contributed by atoms with Crippen LogP contribution in [0.3, 0.4) is 0 Å². The molecule has 0 aromatic carbocycles. The fraction of sp³-hybridized carbons (Fsp3) is 0.455. The number of carbonyl (C=O) groups is 1. The Morgan fingerprint density at radius 3 is 2.88 bits per heavy atom. The topological polar surface area (TPSA) is 45.2 Å². The Labute approximate surface area is 101 Å². The van der Waals surface area contributed by atoms with Gasteiger partial charge in [0.15, 0.2) is 0 Å². The zero-order chi connectivity index (χ0) is 10.7. The van der Waals surface area contributed by atoms with E-state index in [0.29, 0.717) is 12.5 Å². The summed E-state index contributed by atoms with van der Waals surface area (Å²) in [4.78, 5) is 17.6. The molecule has 0 saturated carbocycles. The molecule has 0 atom stereocenters. The van der Waals surface area contributed by atoms with Crippen LogP contribution in [0.2, 0.25) is 0 Å². The van der Waals surface area contributed by atoms with Crippen molar-refractivity contribution in [1.82, 2.24) is 15.2 Å². The average Bonchev–Trinajstić information content (AvgIpc) is 2.16. The van der Waals surface area contributed by atoms with E-state index in [4.69, 9.17) is 0 Å². The summed E-state index contributed by atoms with van der Waals surface area (Å²) in [5.41, 5.74) is 0.974. The van der Waals surface area contributed by atoms with Gasteiger partial charge in [0.1, 0.15) is 0 Å². The third-order valence-corrected chi connectivity index (χ3v) is 2.78. The van der Waals surface area contributed by atoms with Gasteiger partial charge >= 0.3 is 0 Å². The minimum atomic E-state index is 0. The van der Waals surface area contributed by atoms with Crippen LogP contribution in [0.25, 0.3) is 0 Å². The van der Waals surface area contributed by atoms with Crippen LogP contribution in [0, 0.1) is 0 Å². The number of hydrogen-bond donors (Lipinski definition) is 1. The van der Waals surface area contributed by atoms with E-state index in [2.05, 4.69) is 10.3 Å². The molecule has 2 rings (SSSR count). The Morgan fingerprint density at radius 2 is 2.38 bits per heavy atom. The summed E-state index contributed by atoms with van der Waals surface area (Å²) in [5.74, 6) is 0.162. The van der Waals surface area contributed by atoms with E-state index in [1.165, 1.54) is 0 Å². The van der Waals surface area contributed by atoms with Crippen molar-refractivity contribution < 1.29 is 4.79 Å². The van der Waals surface area contributed by atoms with Gasteiger partial charge in [-0.2, -0.15) is 0 Å². The highest BCUT2D eigenvalue weighted by Crippen LogP contribution is 2.06. The van der Waals surface area contributed by atoms with Gasteiger partial charge in [-0.1, -0.05) is 6.07 Å². The zero-order valence-corrected chi connectivity index (χ0v) is 10.0. The molecule has 1 N–H and O–H groups in total. The third kappa shape index (κ3) is 2.93. The number of rotatable bonds is 3. The average molecular weight is 242 g/mol. The molecule has 5 heteroatoms. The molecule has 1 aromatic rings. The fourth-order valence-electron chi connectivity index (χ4n) is 1.55. The number of aromatic nitrogens is 1. The van der Waals surface area contributed by atoms with Crippen LogP contribution in [0.1, 0.15) is 5.56 Å². The molecule has 1 aliphatic rings. The van der Waals surface area contributed by atoms with Gasteiger partial charge in [0.2, 0.25) is 5.91 Å². The predicted molar refractivity (Wildman–Crippen MR) is 64.6 cm³/mol. The van der Waals surface area contributed by atoms with Crippen LogP contribution in [-0.4, -0.2) is 42.0 Å². The van der Waals surface area contributed by atoms with Crippen LogP contribution in [0.4, 0.5) is 0 Å². The van der Waals surface area contributed by atoms with Gasteiger partial charge < -0.3 is 10.2 Å². The Bertz CT molecular complexity index is 340. The molecule has 1 saturated heterocycles. The maximum Gasteiger partial charge on any atom is 0.227 e. The summed E-state index contributed by atoms with van der Waals surface area (Å²) in [7, 11) is 1.87. The van der Waals surface area contributed by atoms with Crippen molar-refractivity contribution in [1.29, 1.82) is 0 Å². The van der Waals surface area contributed by atoms with Crippen molar-refractivity contribution in [2.75, 3.05) is 20.1 Å². The molecule has 1 fully saturated rings. The van der Waals surface area contributed by atoms with Gasteiger partial charge in [-0.15, -0.1) is 12.4 Å². The predicted octanol–water partition coefficient (Wildman–Crippen LogP) is 0.476. The molecule has 0 radical (unpaired) electrons. The first-order chi connectivity index (χ1) is 7.27. The Balaban J connectivity index is 0.00000128. The molecule has 0 bridgehead atoms. The van der Waals surface area contributed by atoms with E-state index >= 15 is 0 Å². The molecule has 0 spiro atoms. The Morgan fingerprint density at radius 1 is 1.62 bits per heavy atom. The van der Waals surface area contributed by atoms with Crippen molar-refractivity contribution in [2.45, 2.75) is 12.5 Å². The maximum absolute atomic E-state index is 11.8. The smallest absolute Gasteiger partial charge is 0.227 e. The summed E-state index contributed by atoms with van der Waals surface area (Å²) in [5, 5.41) is 3.15. The summed E-state index contributed by atoms with van der Waals surface area (Å²) in [6.45, 7) is 1.82. The highest BCUT2D eigenvalue weighted by Gasteiger charge is 2.24. The lowest BCUT2D eigenvalue weighted by atomic mass is 10.1. The first-order valence-corrected chi connectivity index (χ1v) is 5.12. The molecule has 2 heterocycles. The molecule has 88 valence electrons. The van der Waals surface area contributed by atoms with Crippen molar-refractivity contribution in [3.8, 4) is 0 Å². The molecular weight excluding hydrogens is 226 g/mol. The molecule has 1 aromatic heterocycles. The standard InChI is InChI=1S/C11H15N3O.ClH/c1-14(10-7-13-8-10)11(15)5-9-3-2-4-12-6-9;/h2-4,6,10,13H,5,7-8H2,1H3;1H. The second-order valence-corrected chi connectivity index (χ2v) is 3.85. The molecule has 4 nitrogen and oxygen atoms in total. The summed E-state index contributed by atoms with van der Waals surface area (Å²) < 4.78 is 0. The number of hydrogen-bond acceptors (Lipinski definition) is 3. The first-order valence-electron chi connectivity index (χ1n) is 5.12. The van der Waals surface area contributed by atoms with Crippen LogP contribution >= 0.6 is 12.4 Å². The van der Waals surface area contributed by atoms with Gasteiger partial charge in [-0.05, 0) is 11.6 Å². The van der Waals surface area contributed by atoms with Gasteiger partial charge in [0.05, 0.1) is 12.5 Å². The highest BCUT2D eigenvalue weighted by molar-refractivity contribution is 5.85. The minimum absolute atomic E-state index is 0. The van der Waals surface area contributed by atoms with Crippen molar-refractivity contribution in [3.05, 3.63) is 30.1 Å². The first kappa shape index (κ1) is 12.9. The van der Waals surface area contributed by atoms with Crippen molar-refractivity contribution in [2.24, 2.45) is 0 Å². The number of nitrogens with one attached hydrogen (secondary N) is 1. The summed E-state index contributed by atoms with van der Waals surface area (Å²) >= 11 is 0. The number of amides is 1. The van der Waals surface area contributed by atoms with E-state index in [-0.39, 0.29) is 18.3 Å². The van der Waals surface area contributed by atoms with E-state index in [1.807, 2.05) is 24.1 Å². The van der Waals surface area contributed by atoms with E-state index in [9.17, 15) is 4.79 Å². The van der Waals surface area contributed by atoms with E-state index in [0.717, 1.165) is 18.7 Å². The van der Waals surface area contributed by atoms with Gasteiger partial charge in [-0.3, -0.25) is 9.78 Å². The molecule has 1 amide bonds. The SMILES string of the molecule is CN(C(=O)Cc1cccnc1)C1CNC1.Cl. The Hall–Kier alpha value is -1.13. The molecular formula is C11H16ClN3O. The third-order valence-electron chi connectivity index (χ3n) is 2.78. The fourth-order valence-corrected chi connectivity index (χ4v) is 1.55. The van der Waals surface area contributed by atoms with E-state index < -0.39 is 0 Å². The van der Waals surface area contributed by atoms with E-state index in [1.54, 1.807) is 12.4 Å².